The number of pyridine rings is 1. The summed E-state index contributed by atoms with van der Waals surface area (Å²) in [7, 11) is 0. The number of carbonyl (C=O) groups is 1. The lowest BCUT2D eigenvalue weighted by Crippen LogP contribution is -2.14. The van der Waals surface area contributed by atoms with Gasteiger partial charge < -0.3 is 5.32 Å². The number of para-hydroxylation sites is 1. The Kier molecular flexibility index (Phi) is 6.47. The number of carbonyl (C=O) groups excluding carboxylic acids is 1. The Labute approximate surface area is 216 Å². The Bertz CT molecular complexity index is 1560. The molecule has 3 aromatic heterocycles. The minimum absolute atomic E-state index is 0.262. The molecule has 0 aliphatic heterocycles. The quantitative estimate of drug-likeness (QED) is 0.272. The molecule has 0 fully saturated rings. The molecule has 0 saturated carbocycles. The van der Waals surface area contributed by atoms with E-state index in [0.717, 1.165) is 23.1 Å². The third kappa shape index (κ3) is 4.89. The van der Waals surface area contributed by atoms with Crippen LogP contribution < -0.4 is 5.32 Å². The molecule has 2 aromatic carbocycles. The summed E-state index contributed by atoms with van der Waals surface area (Å²) in [6.07, 6.45) is 5.29. The highest BCUT2D eigenvalue weighted by Crippen LogP contribution is 2.28. The molecule has 3 heterocycles. The number of benzene rings is 2. The number of aryl methyl sites for hydroxylation is 1. The second kappa shape index (κ2) is 9.70. The summed E-state index contributed by atoms with van der Waals surface area (Å²) in [5.41, 5.74) is 3.55. The molecular formula is C25H19Cl3N6O. The molecule has 1 amide bonds. The highest BCUT2D eigenvalue weighted by molar-refractivity contribution is 6.42. The maximum Gasteiger partial charge on any atom is 0.257 e. The van der Waals surface area contributed by atoms with Crippen molar-refractivity contribution < 1.29 is 4.79 Å². The summed E-state index contributed by atoms with van der Waals surface area (Å²) in [6, 6.07) is 14.6. The fourth-order valence-corrected chi connectivity index (χ4v) is 4.26. The van der Waals surface area contributed by atoms with Crippen LogP contribution in [0.15, 0.2) is 67.1 Å². The first-order chi connectivity index (χ1) is 16.9. The molecule has 0 radical (unpaired) electrons. The maximum atomic E-state index is 13.4. The smallest absolute Gasteiger partial charge is 0.257 e. The van der Waals surface area contributed by atoms with E-state index in [4.69, 9.17) is 39.8 Å². The molecule has 0 aliphatic carbocycles. The van der Waals surface area contributed by atoms with Crippen molar-refractivity contribution >= 4 is 57.4 Å². The fourth-order valence-electron chi connectivity index (χ4n) is 3.74. The molecule has 0 spiro atoms. The lowest BCUT2D eigenvalue weighted by atomic mass is 10.0. The Morgan fingerprint density at radius 3 is 2.57 bits per heavy atom. The Hall–Kier alpha value is -3.39. The number of rotatable bonds is 6. The van der Waals surface area contributed by atoms with Crippen molar-refractivity contribution in [3.05, 3.63) is 93.3 Å². The summed E-state index contributed by atoms with van der Waals surface area (Å²) in [6.45, 7) is 3.16. The van der Waals surface area contributed by atoms with Gasteiger partial charge in [0.2, 0.25) is 0 Å². The SMILES string of the molecule is CCn1cc(-c2cc(C(=O)Nc3nn(Cc4ccc(Cl)c(Cl)c4)cc3Cl)c3ccccc3n2)cn1. The van der Waals surface area contributed by atoms with Gasteiger partial charge in [0, 0.05) is 29.9 Å². The summed E-state index contributed by atoms with van der Waals surface area (Å²) in [5.74, 6) is -0.0765. The normalized spacial score (nSPS) is 11.2. The average molecular weight is 526 g/mol. The molecular weight excluding hydrogens is 507 g/mol. The molecule has 1 N–H and O–H groups in total. The van der Waals surface area contributed by atoms with Crippen LogP contribution in [-0.2, 0) is 13.1 Å². The van der Waals surface area contributed by atoms with Crippen LogP contribution in [0.5, 0.6) is 0 Å². The minimum Gasteiger partial charge on any atom is -0.304 e. The molecule has 5 aromatic rings. The van der Waals surface area contributed by atoms with Gasteiger partial charge in [-0.3, -0.25) is 14.2 Å². The second-order valence-electron chi connectivity index (χ2n) is 7.88. The van der Waals surface area contributed by atoms with E-state index < -0.39 is 0 Å². The topological polar surface area (TPSA) is 77.6 Å². The van der Waals surface area contributed by atoms with Crippen molar-refractivity contribution in [3.63, 3.8) is 0 Å². The number of nitrogens with zero attached hydrogens (tertiary/aromatic N) is 5. The zero-order valence-corrected chi connectivity index (χ0v) is 20.8. The number of amides is 1. The number of anilines is 1. The minimum atomic E-state index is -0.338. The number of hydrogen-bond donors (Lipinski definition) is 1. The number of nitrogens with one attached hydrogen (secondary N) is 1. The first-order valence-corrected chi connectivity index (χ1v) is 12.0. The van der Waals surface area contributed by atoms with E-state index in [1.807, 2.05) is 48.1 Å². The van der Waals surface area contributed by atoms with Gasteiger partial charge in [-0.15, -0.1) is 0 Å². The van der Waals surface area contributed by atoms with Gasteiger partial charge in [-0.2, -0.15) is 10.2 Å². The van der Waals surface area contributed by atoms with E-state index in [2.05, 4.69) is 15.5 Å². The lowest BCUT2D eigenvalue weighted by molar-refractivity contribution is 0.102. The maximum absolute atomic E-state index is 13.4. The van der Waals surface area contributed by atoms with Crippen LogP contribution in [0.25, 0.3) is 22.2 Å². The Morgan fingerprint density at radius 2 is 1.80 bits per heavy atom. The molecule has 0 unspecified atom stereocenters. The Balaban J connectivity index is 1.45. The molecule has 5 rings (SSSR count). The largest absolute Gasteiger partial charge is 0.304 e. The van der Waals surface area contributed by atoms with Gasteiger partial charge in [0.25, 0.3) is 5.91 Å². The van der Waals surface area contributed by atoms with Crippen molar-refractivity contribution in [3.8, 4) is 11.3 Å². The van der Waals surface area contributed by atoms with Crippen LogP contribution >= 0.6 is 34.8 Å². The van der Waals surface area contributed by atoms with Crippen molar-refractivity contribution in [2.24, 2.45) is 0 Å². The van der Waals surface area contributed by atoms with E-state index in [1.165, 1.54) is 0 Å². The summed E-state index contributed by atoms with van der Waals surface area (Å²) >= 11 is 18.5. The highest BCUT2D eigenvalue weighted by atomic mass is 35.5. The third-order valence-electron chi connectivity index (χ3n) is 5.49. The molecule has 0 saturated heterocycles. The van der Waals surface area contributed by atoms with Crippen molar-refractivity contribution in [2.45, 2.75) is 20.0 Å². The van der Waals surface area contributed by atoms with Gasteiger partial charge in [0.1, 0.15) is 5.02 Å². The van der Waals surface area contributed by atoms with Gasteiger partial charge in [-0.1, -0.05) is 59.1 Å². The second-order valence-corrected chi connectivity index (χ2v) is 9.10. The van der Waals surface area contributed by atoms with Crippen molar-refractivity contribution in [1.29, 1.82) is 0 Å². The monoisotopic (exact) mass is 524 g/mol. The van der Waals surface area contributed by atoms with Crippen LogP contribution in [-0.4, -0.2) is 30.5 Å². The van der Waals surface area contributed by atoms with Gasteiger partial charge in [0.15, 0.2) is 5.82 Å². The Morgan fingerprint density at radius 1 is 0.971 bits per heavy atom. The van der Waals surface area contributed by atoms with Gasteiger partial charge in [-0.05, 0) is 36.8 Å². The standard InChI is InChI=1S/C25H19Cl3N6O/c1-2-33-13-16(11-29-33)23-10-18(17-5-3-4-6-22(17)30-23)25(35)31-24-21(28)14-34(32-24)12-15-7-8-19(26)20(27)9-15/h3-11,13-14H,2,12H2,1H3,(H,31,32,35). The molecule has 0 bridgehead atoms. The zero-order chi connectivity index (χ0) is 24.5. The van der Waals surface area contributed by atoms with Gasteiger partial charge >= 0.3 is 0 Å². The fraction of sp³-hybridized carbons (Fsp3) is 0.120. The number of hydrogen-bond acceptors (Lipinski definition) is 4. The predicted octanol–water partition coefficient (Wildman–Crippen LogP) is 6.58. The van der Waals surface area contributed by atoms with E-state index in [9.17, 15) is 4.79 Å². The van der Waals surface area contributed by atoms with Crippen LogP contribution in [0.2, 0.25) is 15.1 Å². The molecule has 7 nitrogen and oxygen atoms in total. The van der Waals surface area contributed by atoms with E-state index in [-0.39, 0.29) is 11.7 Å². The van der Waals surface area contributed by atoms with Crippen LogP contribution in [0.3, 0.4) is 0 Å². The van der Waals surface area contributed by atoms with E-state index in [0.29, 0.717) is 38.4 Å². The van der Waals surface area contributed by atoms with Crippen molar-refractivity contribution in [1.82, 2.24) is 24.5 Å². The van der Waals surface area contributed by atoms with Crippen LogP contribution in [0.4, 0.5) is 5.82 Å². The molecule has 0 atom stereocenters. The number of aromatic nitrogens is 5. The predicted molar refractivity (Wildman–Crippen MR) is 139 cm³/mol. The highest BCUT2D eigenvalue weighted by Gasteiger charge is 2.18. The third-order valence-corrected chi connectivity index (χ3v) is 6.51. The molecule has 176 valence electrons. The molecule has 35 heavy (non-hydrogen) atoms. The number of fused-ring (bicyclic) bond motifs is 1. The van der Waals surface area contributed by atoms with Gasteiger partial charge in [-0.25, -0.2) is 4.98 Å². The first kappa shape index (κ1) is 23.4. The average Bonchev–Trinajstić information content (AvgIpc) is 3.47. The summed E-state index contributed by atoms with van der Waals surface area (Å²) in [4.78, 5) is 18.1. The van der Waals surface area contributed by atoms with Crippen LogP contribution in [0.1, 0.15) is 22.8 Å². The lowest BCUT2D eigenvalue weighted by Gasteiger charge is -2.09. The summed E-state index contributed by atoms with van der Waals surface area (Å²) in [5, 5.41) is 13.6. The van der Waals surface area contributed by atoms with E-state index in [1.54, 1.807) is 35.3 Å². The van der Waals surface area contributed by atoms with Crippen molar-refractivity contribution in [2.75, 3.05) is 5.32 Å². The first-order valence-electron chi connectivity index (χ1n) is 10.8. The zero-order valence-electron chi connectivity index (χ0n) is 18.5. The van der Waals surface area contributed by atoms with Crippen LogP contribution in [0, 0.1) is 0 Å². The molecule has 10 heteroatoms. The number of halogens is 3. The van der Waals surface area contributed by atoms with E-state index >= 15 is 0 Å². The molecule has 0 aliphatic rings. The summed E-state index contributed by atoms with van der Waals surface area (Å²) < 4.78 is 3.44. The van der Waals surface area contributed by atoms with Gasteiger partial charge in [0.05, 0.1) is 39.6 Å².